The highest BCUT2D eigenvalue weighted by molar-refractivity contribution is 7.25. The summed E-state index contributed by atoms with van der Waals surface area (Å²) in [6.45, 7) is 6.95. The summed E-state index contributed by atoms with van der Waals surface area (Å²) in [5, 5.41) is 2.66. The summed E-state index contributed by atoms with van der Waals surface area (Å²) in [5.74, 6) is 0.692. The lowest BCUT2D eigenvalue weighted by Gasteiger charge is -2.28. The molecule has 0 amide bonds. The molecule has 1 aliphatic rings. The molecule has 0 aliphatic heterocycles. The van der Waals surface area contributed by atoms with Crippen LogP contribution in [0.15, 0.2) is 140 Å². The van der Waals surface area contributed by atoms with Gasteiger partial charge in [-0.3, -0.25) is 0 Å². The number of rotatable bonds is 6. The van der Waals surface area contributed by atoms with Crippen molar-refractivity contribution >= 4 is 48.6 Å². The van der Waals surface area contributed by atoms with Gasteiger partial charge in [-0.2, -0.15) is 0 Å². The molecule has 1 aliphatic carbocycles. The van der Waals surface area contributed by atoms with Crippen molar-refractivity contribution in [2.75, 3.05) is 4.90 Å². The van der Waals surface area contributed by atoms with Gasteiger partial charge in [-0.25, -0.2) is 0 Å². The Kier molecular flexibility index (Phi) is 8.14. The smallest absolute Gasteiger partial charge is 0.0476 e. The maximum absolute atomic E-state index is 2.44. The molecule has 0 radical (unpaired) electrons. The van der Waals surface area contributed by atoms with Crippen LogP contribution in [0.4, 0.5) is 17.1 Å². The summed E-state index contributed by atoms with van der Waals surface area (Å²) in [7, 11) is 0. The third-order valence-electron chi connectivity index (χ3n) is 10.2. The third kappa shape index (κ3) is 5.84. The first-order valence-electron chi connectivity index (χ1n) is 17.5. The van der Waals surface area contributed by atoms with Crippen LogP contribution in [0.5, 0.6) is 0 Å². The van der Waals surface area contributed by atoms with Gasteiger partial charge in [0, 0.05) is 37.2 Å². The number of fused-ring (bicyclic) bond motifs is 3. The van der Waals surface area contributed by atoms with E-state index >= 15 is 0 Å². The molecule has 1 fully saturated rings. The van der Waals surface area contributed by atoms with E-state index in [9.17, 15) is 0 Å². The average molecular weight is 642 g/mol. The van der Waals surface area contributed by atoms with Crippen LogP contribution in [-0.2, 0) is 5.41 Å². The fourth-order valence-electron chi connectivity index (χ4n) is 7.76. The Bertz CT molecular complexity index is 2180. The zero-order valence-electron chi connectivity index (χ0n) is 28.2. The standard InChI is InChI=1S/C46H43NS/c1-46(2,3)42-19-12-18-39(34-15-8-5-9-16-34)45(42)35-23-27-37(28-24-35)47(36-25-21-33(22-26-36)32-13-6-4-7-14-32)38-29-30-41-40-17-10-11-20-43(40)48-44(41)31-38/h5,8-12,15-32H,4,6-7,13-14H2,1-3H3. The first kappa shape index (κ1) is 30.7. The van der Waals surface area contributed by atoms with Gasteiger partial charge in [0.05, 0.1) is 0 Å². The van der Waals surface area contributed by atoms with E-state index in [4.69, 9.17) is 0 Å². The number of thiophene rings is 1. The van der Waals surface area contributed by atoms with Crippen LogP contribution < -0.4 is 4.90 Å². The van der Waals surface area contributed by atoms with Crippen molar-refractivity contribution in [3.8, 4) is 22.3 Å². The highest BCUT2D eigenvalue weighted by atomic mass is 32.1. The van der Waals surface area contributed by atoms with Crippen molar-refractivity contribution in [2.24, 2.45) is 0 Å². The molecule has 1 aromatic heterocycles. The molecule has 0 spiro atoms. The van der Waals surface area contributed by atoms with Gasteiger partial charge in [-0.05, 0) is 100 Å². The highest BCUT2D eigenvalue weighted by Crippen LogP contribution is 2.44. The molecule has 0 bridgehead atoms. The molecule has 0 unspecified atom stereocenters. The van der Waals surface area contributed by atoms with E-state index in [1.165, 1.54) is 103 Å². The molecular formula is C46H43NS. The Labute approximate surface area is 289 Å². The summed E-state index contributed by atoms with van der Waals surface area (Å²) in [6, 6.07) is 52.1. The molecule has 48 heavy (non-hydrogen) atoms. The highest BCUT2D eigenvalue weighted by Gasteiger charge is 2.23. The Morgan fingerprint density at radius 2 is 1.19 bits per heavy atom. The molecule has 0 N–H and O–H groups in total. The summed E-state index contributed by atoms with van der Waals surface area (Å²) < 4.78 is 2.66. The number of nitrogens with zero attached hydrogens (tertiary/aromatic N) is 1. The van der Waals surface area contributed by atoms with Gasteiger partial charge in [-0.1, -0.05) is 137 Å². The van der Waals surface area contributed by atoms with Crippen molar-refractivity contribution in [3.05, 3.63) is 151 Å². The molecule has 8 rings (SSSR count). The van der Waals surface area contributed by atoms with E-state index in [0.717, 1.165) is 0 Å². The minimum absolute atomic E-state index is 0.00453. The molecule has 1 heterocycles. The second-order valence-electron chi connectivity index (χ2n) is 14.4. The van der Waals surface area contributed by atoms with E-state index in [0.29, 0.717) is 5.92 Å². The van der Waals surface area contributed by atoms with Gasteiger partial charge in [0.15, 0.2) is 0 Å². The minimum Gasteiger partial charge on any atom is -0.310 e. The maximum Gasteiger partial charge on any atom is 0.0476 e. The monoisotopic (exact) mass is 641 g/mol. The van der Waals surface area contributed by atoms with Crippen LogP contribution in [-0.4, -0.2) is 0 Å². The summed E-state index contributed by atoms with van der Waals surface area (Å²) >= 11 is 1.88. The van der Waals surface area contributed by atoms with Gasteiger partial charge >= 0.3 is 0 Å². The zero-order chi connectivity index (χ0) is 32.7. The van der Waals surface area contributed by atoms with E-state index in [1.807, 2.05) is 11.3 Å². The SMILES string of the molecule is CC(C)(C)c1cccc(-c2ccccc2)c1-c1ccc(N(c2ccc(C3CCCCC3)cc2)c2ccc3c(c2)sc2ccccc23)cc1. The quantitative estimate of drug-likeness (QED) is 0.175. The normalized spacial score (nSPS) is 14.1. The van der Waals surface area contributed by atoms with E-state index < -0.39 is 0 Å². The van der Waals surface area contributed by atoms with Crippen LogP contribution in [0.25, 0.3) is 42.4 Å². The van der Waals surface area contributed by atoms with Gasteiger partial charge in [0.2, 0.25) is 0 Å². The zero-order valence-corrected chi connectivity index (χ0v) is 29.1. The van der Waals surface area contributed by atoms with E-state index in [-0.39, 0.29) is 5.41 Å². The predicted molar refractivity (Wildman–Crippen MR) is 209 cm³/mol. The Balaban J connectivity index is 1.24. The third-order valence-corrected chi connectivity index (χ3v) is 11.4. The van der Waals surface area contributed by atoms with Gasteiger partial charge in [0.25, 0.3) is 0 Å². The fourth-order valence-corrected chi connectivity index (χ4v) is 8.90. The molecular weight excluding hydrogens is 599 g/mol. The first-order chi connectivity index (χ1) is 23.4. The topological polar surface area (TPSA) is 3.24 Å². The number of hydrogen-bond acceptors (Lipinski definition) is 2. The van der Waals surface area contributed by atoms with Crippen LogP contribution in [0.1, 0.15) is 69.9 Å². The number of benzene rings is 6. The predicted octanol–water partition coefficient (Wildman–Crippen LogP) is 14.2. The lowest BCUT2D eigenvalue weighted by atomic mass is 9.79. The van der Waals surface area contributed by atoms with Crippen LogP contribution in [0.3, 0.4) is 0 Å². The van der Waals surface area contributed by atoms with Crippen molar-refractivity contribution in [1.29, 1.82) is 0 Å². The summed E-state index contributed by atoms with van der Waals surface area (Å²) in [4.78, 5) is 2.44. The molecule has 6 aromatic carbocycles. The molecule has 1 nitrogen and oxygen atoms in total. The molecule has 0 saturated heterocycles. The average Bonchev–Trinajstić information content (AvgIpc) is 3.50. The lowest BCUT2D eigenvalue weighted by Crippen LogP contribution is -2.13. The summed E-state index contributed by atoms with van der Waals surface area (Å²) in [6.07, 6.45) is 6.71. The van der Waals surface area contributed by atoms with E-state index in [1.54, 1.807) is 0 Å². The molecule has 1 saturated carbocycles. The largest absolute Gasteiger partial charge is 0.310 e. The van der Waals surface area contributed by atoms with Crippen molar-refractivity contribution in [2.45, 2.75) is 64.2 Å². The fraction of sp³-hybridized carbons (Fsp3) is 0.217. The number of anilines is 3. The van der Waals surface area contributed by atoms with Gasteiger partial charge in [0.1, 0.15) is 0 Å². The number of hydrogen-bond donors (Lipinski definition) is 0. The van der Waals surface area contributed by atoms with Gasteiger partial charge in [-0.15, -0.1) is 11.3 Å². The maximum atomic E-state index is 2.44. The molecule has 238 valence electrons. The summed E-state index contributed by atoms with van der Waals surface area (Å²) in [5.41, 5.74) is 11.5. The van der Waals surface area contributed by atoms with E-state index in [2.05, 4.69) is 165 Å². The van der Waals surface area contributed by atoms with Crippen molar-refractivity contribution in [3.63, 3.8) is 0 Å². The first-order valence-corrected chi connectivity index (χ1v) is 18.4. The molecule has 2 heteroatoms. The van der Waals surface area contributed by atoms with Gasteiger partial charge < -0.3 is 4.90 Å². The van der Waals surface area contributed by atoms with Crippen LogP contribution in [0, 0.1) is 0 Å². The second-order valence-corrected chi connectivity index (χ2v) is 15.5. The van der Waals surface area contributed by atoms with Crippen LogP contribution in [0.2, 0.25) is 0 Å². The minimum atomic E-state index is 0.00453. The second kappa shape index (κ2) is 12.7. The van der Waals surface area contributed by atoms with Crippen molar-refractivity contribution in [1.82, 2.24) is 0 Å². The Hall–Kier alpha value is -4.66. The molecule has 0 atom stereocenters. The Morgan fingerprint density at radius 3 is 1.92 bits per heavy atom. The molecule has 7 aromatic rings. The Morgan fingerprint density at radius 1 is 0.542 bits per heavy atom. The van der Waals surface area contributed by atoms with Crippen LogP contribution >= 0.6 is 11.3 Å². The lowest BCUT2D eigenvalue weighted by molar-refractivity contribution is 0.443. The van der Waals surface area contributed by atoms with Crippen molar-refractivity contribution < 1.29 is 0 Å².